The van der Waals surface area contributed by atoms with Gasteiger partial charge in [0.05, 0.1) is 0 Å². The SMILES string of the molecule is C=C(C)CN1CCc2ccc(O)cc2CC1. The number of phenols is 1. The van der Waals surface area contributed by atoms with E-state index in [-0.39, 0.29) is 0 Å². The number of hydrogen-bond donors (Lipinski definition) is 1. The van der Waals surface area contributed by atoms with Gasteiger partial charge in [0.2, 0.25) is 0 Å². The molecular weight excluding hydrogens is 198 g/mol. The molecule has 1 heterocycles. The zero-order chi connectivity index (χ0) is 11.5. The minimum atomic E-state index is 0.382. The Hall–Kier alpha value is -1.28. The summed E-state index contributed by atoms with van der Waals surface area (Å²) in [5.74, 6) is 0.382. The van der Waals surface area contributed by atoms with Crippen LogP contribution in [0, 0.1) is 0 Å². The Kier molecular flexibility index (Phi) is 3.30. The lowest BCUT2D eigenvalue weighted by Gasteiger charge is -2.19. The molecule has 1 aliphatic rings. The van der Waals surface area contributed by atoms with E-state index in [1.807, 2.05) is 6.07 Å². The van der Waals surface area contributed by atoms with Crippen LogP contribution in [0.3, 0.4) is 0 Å². The van der Waals surface area contributed by atoms with Crippen molar-refractivity contribution >= 4 is 0 Å². The molecule has 2 rings (SSSR count). The van der Waals surface area contributed by atoms with Gasteiger partial charge in [0.1, 0.15) is 5.75 Å². The van der Waals surface area contributed by atoms with Crippen molar-refractivity contribution in [2.75, 3.05) is 19.6 Å². The molecule has 86 valence electrons. The zero-order valence-electron chi connectivity index (χ0n) is 9.87. The third-order valence-corrected chi connectivity index (χ3v) is 3.08. The van der Waals surface area contributed by atoms with Crippen LogP contribution in [0.15, 0.2) is 30.4 Å². The predicted molar refractivity (Wildman–Crippen MR) is 66.8 cm³/mol. The van der Waals surface area contributed by atoms with E-state index < -0.39 is 0 Å². The molecule has 16 heavy (non-hydrogen) atoms. The normalized spacial score (nSPS) is 16.6. The van der Waals surface area contributed by atoms with Gasteiger partial charge in [-0.05, 0) is 43.0 Å². The van der Waals surface area contributed by atoms with Gasteiger partial charge < -0.3 is 5.11 Å². The largest absolute Gasteiger partial charge is 0.508 e. The van der Waals surface area contributed by atoms with Crippen molar-refractivity contribution in [3.8, 4) is 5.75 Å². The quantitative estimate of drug-likeness (QED) is 0.769. The lowest BCUT2D eigenvalue weighted by Crippen LogP contribution is -2.27. The molecular formula is C14H19NO. The molecule has 0 spiro atoms. The van der Waals surface area contributed by atoms with Crippen molar-refractivity contribution < 1.29 is 5.11 Å². The van der Waals surface area contributed by atoms with E-state index in [4.69, 9.17) is 0 Å². The van der Waals surface area contributed by atoms with Gasteiger partial charge in [0, 0.05) is 19.6 Å². The van der Waals surface area contributed by atoms with E-state index in [0.29, 0.717) is 5.75 Å². The van der Waals surface area contributed by atoms with Crippen LogP contribution < -0.4 is 0 Å². The molecule has 2 nitrogen and oxygen atoms in total. The molecule has 2 heteroatoms. The van der Waals surface area contributed by atoms with Crippen LogP contribution in [0.1, 0.15) is 18.1 Å². The molecule has 0 saturated heterocycles. The number of aromatic hydroxyl groups is 1. The number of phenolic OH excluding ortho intramolecular Hbond substituents is 1. The van der Waals surface area contributed by atoms with E-state index in [0.717, 1.165) is 32.5 Å². The fraction of sp³-hybridized carbons (Fsp3) is 0.429. The number of nitrogens with zero attached hydrogens (tertiary/aromatic N) is 1. The minimum Gasteiger partial charge on any atom is -0.508 e. The Morgan fingerprint density at radius 1 is 1.31 bits per heavy atom. The van der Waals surface area contributed by atoms with Gasteiger partial charge in [-0.15, -0.1) is 0 Å². The summed E-state index contributed by atoms with van der Waals surface area (Å²) >= 11 is 0. The number of fused-ring (bicyclic) bond motifs is 1. The summed E-state index contributed by atoms with van der Waals surface area (Å²) in [5, 5.41) is 9.46. The summed E-state index contributed by atoms with van der Waals surface area (Å²) in [6, 6.07) is 5.74. The number of rotatable bonds is 2. The van der Waals surface area contributed by atoms with E-state index in [1.54, 1.807) is 6.07 Å². The highest BCUT2D eigenvalue weighted by atomic mass is 16.3. The molecule has 1 N–H and O–H groups in total. The van der Waals surface area contributed by atoms with Crippen molar-refractivity contribution in [2.45, 2.75) is 19.8 Å². The molecule has 0 aliphatic carbocycles. The summed E-state index contributed by atoms with van der Waals surface area (Å²) in [5.41, 5.74) is 3.89. The number of hydrogen-bond acceptors (Lipinski definition) is 2. The average Bonchev–Trinajstić information content (AvgIpc) is 2.40. The smallest absolute Gasteiger partial charge is 0.115 e. The second-order valence-corrected chi connectivity index (χ2v) is 4.69. The van der Waals surface area contributed by atoms with Crippen LogP contribution in [-0.4, -0.2) is 29.6 Å². The van der Waals surface area contributed by atoms with E-state index in [9.17, 15) is 5.11 Å². The first-order chi connectivity index (χ1) is 7.65. The van der Waals surface area contributed by atoms with E-state index >= 15 is 0 Å². The fourth-order valence-electron chi connectivity index (χ4n) is 2.30. The van der Waals surface area contributed by atoms with Gasteiger partial charge >= 0.3 is 0 Å². The van der Waals surface area contributed by atoms with Crippen LogP contribution in [-0.2, 0) is 12.8 Å². The van der Waals surface area contributed by atoms with Gasteiger partial charge in [-0.25, -0.2) is 0 Å². The Bertz CT molecular complexity index is 398. The monoisotopic (exact) mass is 217 g/mol. The van der Waals surface area contributed by atoms with Crippen LogP contribution in [0.2, 0.25) is 0 Å². The van der Waals surface area contributed by atoms with Gasteiger partial charge in [-0.3, -0.25) is 4.90 Å². The fourth-order valence-corrected chi connectivity index (χ4v) is 2.30. The molecule has 0 atom stereocenters. The first-order valence-electron chi connectivity index (χ1n) is 5.82. The molecule has 1 aromatic rings. The third-order valence-electron chi connectivity index (χ3n) is 3.08. The van der Waals surface area contributed by atoms with Crippen LogP contribution in [0.4, 0.5) is 0 Å². The Balaban J connectivity index is 2.09. The lowest BCUT2D eigenvalue weighted by molar-refractivity contribution is 0.312. The molecule has 0 aromatic heterocycles. The van der Waals surface area contributed by atoms with E-state index in [1.165, 1.54) is 16.7 Å². The molecule has 0 fully saturated rings. The van der Waals surface area contributed by atoms with Crippen LogP contribution >= 0.6 is 0 Å². The van der Waals surface area contributed by atoms with Gasteiger partial charge in [-0.1, -0.05) is 18.2 Å². The molecule has 1 aliphatic heterocycles. The van der Waals surface area contributed by atoms with Crippen molar-refractivity contribution in [1.82, 2.24) is 4.90 Å². The Morgan fingerprint density at radius 2 is 2.00 bits per heavy atom. The first kappa shape index (κ1) is 11.2. The maximum Gasteiger partial charge on any atom is 0.115 e. The molecule has 0 radical (unpaired) electrons. The first-order valence-corrected chi connectivity index (χ1v) is 5.82. The number of benzene rings is 1. The van der Waals surface area contributed by atoms with Gasteiger partial charge in [-0.2, -0.15) is 0 Å². The molecule has 0 amide bonds. The zero-order valence-corrected chi connectivity index (χ0v) is 9.87. The summed E-state index contributed by atoms with van der Waals surface area (Å²) in [6.45, 7) is 9.17. The maximum atomic E-state index is 9.46. The van der Waals surface area contributed by atoms with Crippen LogP contribution in [0.25, 0.3) is 0 Å². The summed E-state index contributed by atoms with van der Waals surface area (Å²) in [7, 11) is 0. The summed E-state index contributed by atoms with van der Waals surface area (Å²) < 4.78 is 0. The van der Waals surface area contributed by atoms with Crippen LogP contribution in [0.5, 0.6) is 5.75 Å². The molecule has 0 unspecified atom stereocenters. The minimum absolute atomic E-state index is 0.382. The molecule has 0 bridgehead atoms. The predicted octanol–water partition coefficient (Wildman–Crippen LogP) is 2.37. The van der Waals surface area contributed by atoms with Crippen molar-refractivity contribution in [3.05, 3.63) is 41.5 Å². The summed E-state index contributed by atoms with van der Waals surface area (Å²) in [4.78, 5) is 2.43. The Morgan fingerprint density at radius 3 is 2.69 bits per heavy atom. The average molecular weight is 217 g/mol. The van der Waals surface area contributed by atoms with Crippen molar-refractivity contribution in [2.24, 2.45) is 0 Å². The lowest BCUT2D eigenvalue weighted by atomic mass is 10.0. The second kappa shape index (κ2) is 4.71. The van der Waals surface area contributed by atoms with Gasteiger partial charge in [0.15, 0.2) is 0 Å². The van der Waals surface area contributed by atoms with Gasteiger partial charge in [0.25, 0.3) is 0 Å². The van der Waals surface area contributed by atoms with Crippen molar-refractivity contribution in [3.63, 3.8) is 0 Å². The van der Waals surface area contributed by atoms with Crippen molar-refractivity contribution in [1.29, 1.82) is 0 Å². The molecule has 0 saturated carbocycles. The molecule has 1 aromatic carbocycles. The third kappa shape index (κ3) is 2.64. The standard InChI is InChI=1S/C14H19NO/c1-11(2)10-15-7-5-12-3-4-14(16)9-13(12)6-8-15/h3-4,9,16H,1,5-8,10H2,2H3. The topological polar surface area (TPSA) is 23.5 Å². The Labute approximate surface area is 97.2 Å². The highest BCUT2D eigenvalue weighted by Gasteiger charge is 2.13. The second-order valence-electron chi connectivity index (χ2n) is 4.69. The highest BCUT2D eigenvalue weighted by Crippen LogP contribution is 2.21. The highest BCUT2D eigenvalue weighted by molar-refractivity contribution is 5.36. The maximum absolute atomic E-state index is 9.46. The summed E-state index contributed by atoms with van der Waals surface area (Å²) in [6.07, 6.45) is 2.10. The van der Waals surface area contributed by atoms with E-state index in [2.05, 4.69) is 24.5 Å².